The average Bonchev–Trinajstić information content (AvgIpc) is 3.53. The smallest absolute Gasteiger partial charge is 0.274 e. The van der Waals surface area contributed by atoms with Crippen LogP contribution in [0.2, 0.25) is 0 Å². The van der Waals surface area contributed by atoms with E-state index in [1.54, 1.807) is 21.2 Å². The number of amides is 1. The molecule has 3 rings (SSSR count). The average molecular weight is 616 g/mol. The first-order chi connectivity index (χ1) is 14.9. The number of carbonyl (C=O) groups excluding carboxylic acids is 1. The molecule has 1 fully saturated rings. The van der Waals surface area contributed by atoms with Crippen LogP contribution in [0.1, 0.15) is 23.0 Å². The number of anilines is 1. The molecule has 2 N–H and O–H groups in total. The molecule has 174 valence electrons. The molecular weight excluding hydrogens is 596 g/mol. The standard InChI is InChI=1S/C18H20F2IN4O4PS2/c1-18(24-31(21)27,11-32(28,29)25(2)30-7-8-30)14-9-13(4-5-15(14)20)23-17(26)16-6-3-12(19)10-22-16/h3-6,9-10,24H,7-8,11H2,1-2H3,(H,23,26)/t18-,31+/m0/s1. The van der Waals surface area contributed by atoms with Crippen LogP contribution in [0.5, 0.6) is 0 Å². The van der Waals surface area contributed by atoms with Gasteiger partial charge in [0.1, 0.15) is 17.3 Å². The summed E-state index contributed by atoms with van der Waals surface area (Å²) >= 11 is 1.57. The molecule has 2 aromatic rings. The summed E-state index contributed by atoms with van der Waals surface area (Å²) in [6.45, 7) is 1.45. The monoisotopic (exact) mass is 616 g/mol. The fourth-order valence-electron chi connectivity index (χ4n) is 3.03. The number of nitrogens with zero attached hydrogens (tertiary/aromatic N) is 2. The highest BCUT2D eigenvalue weighted by Gasteiger charge is 2.41. The Morgan fingerprint density at radius 3 is 2.56 bits per heavy atom. The van der Waals surface area contributed by atoms with E-state index in [-0.39, 0.29) is 16.9 Å². The number of hydrogen-bond acceptors (Lipinski definition) is 5. The van der Waals surface area contributed by atoms with Crippen LogP contribution in [0, 0.1) is 11.6 Å². The van der Waals surface area contributed by atoms with Crippen LogP contribution in [0.15, 0.2) is 36.5 Å². The van der Waals surface area contributed by atoms with Crippen molar-refractivity contribution in [3.05, 3.63) is 59.4 Å². The highest BCUT2D eigenvalue weighted by atomic mass is 127. The lowest BCUT2D eigenvalue weighted by Gasteiger charge is -2.32. The quantitative estimate of drug-likeness (QED) is 0.256. The Balaban J connectivity index is 1.93. The van der Waals surface area contributed by atoms with Gasteiger partial charge in [0.05, 0.1) is 38.7 Å². The number of rotatable bonds is 9. The second kappa shape index (κ2) is 10.0. The Bertz CT molecular complexity index is 1150. The number of aromatic nitrogens is 1. The lowest BCUT2D eigenvalue weighted by atomic mass is 9.94. The molecule has 32 heavy (non-hydrogen) atoms. The van der Waals surface area contributed by atoms with Crippen molar-refractivity contribution in [1.29, 1.82) is 0 Å². The Kier molecular flexibility index (Phi) is 7.98. The summed E-state index contributed by atoms with van der Waals surface area (Å²) in [5.41, 5.74) is -1.51. The van der Waals surface area contributed by atoms with Crippen molar-refractivity contribution in [2.75, 3.05) is 30.4 Å². The molecule has 1 aliphatic rings. The van der Waals surface area contributed by atoms with Gasteiger partial charge in [0, 0.05) is 18.3 Å². The third kappa shape index (κ3) is 6.26. The zero-order valence-corrected chi connectivity index (χ0v) is 21.7. The number of sulfonamides is 1. The molecule has 1 aromatic carbocycles. The van der Waals surface area contributed by atoms with Gasteiger partial charge in [-0.05, 0) is 57.7 Å². The summed E-state index contributed by atoms with van der Waals surface area (Å²) in [5, 5.41) is 2.53. The van der Waals surface area contributed by atoms with E-state index in [0.717, 1.165) is 30.7 Å². The van der Waals surface area contributed by atoms with Crippen LogP contribution < -0.4 is 10.0 Å². The molecule has 2 atom stereocenters. The van der Waals surface area contributed by atoms with E-state index in [1.807, 2.05) is 0 Å². The van der Waals surface area contributed by atoms with Gasteiger partial charge in [0.25, 0.3) is 5.91 Å². The minimum atomic E-state index is -3.79. The Hall–Kier alpha value is -1.12. The second-order valence-corrected chi connectivity index (χ2v) is 15.1. The van der Waals surface area contributed by atoms with Crippen LogP contribution >= 0.6 is 29.3 Å². The predicted molar refractivity (Wildman–Crippen MR) is 129 cm³/mol. The van der Waals surface area contributed by atoms with Crippen molar-refractivity contribution in [3.63, 3.8) is 0 Å². The molecule has 2 heterocycles. The van der Waals surface area contributed by atoms with E-state index in [1.165, 1.54) is 36.2 Å². The normalized spacial score (nSPS) is 17.1. The number of carbonyl (C=O) groups is 1. The molecule has 0 saturated carbocycles. The molecular formula is C18H20F2IN4O4PS2. The maximum absolute atomic E-state index is 14.9. The molecule has 0 radical (unpaired) electrons. The minimum Gasteiger partial charge on any atom is -0.321 e. The van der Waals surface area contributed by atoms with E-state index >= 15 is 0 Å². The highest BCUT2D eigenvalue weighted by molar-refractivity contribution is 14.2. The van der Waals surface area contributed by atoms with Crippen LogP contribution in [-0.4, -0.2) is 52.7 Å². The van der Waals surface area contributed by atoms with Gasteiger partial charge in [-0.25, -0.2) is 31.1 Å². The van der Waals surface area contributed by atoms with Gasteiger partial charge in [-0.2, -0.15) is 4.08 Å². The van der Waals surface area contributed by atoms with Crippen molar-refractivity contribution < 1.29 is 26.2 Å². The number of pyridine rings is 1. The summed E-state index contributed by atoms with van der Waals surface area (Å²) in [4.78, 5) is 16.1. The maximum Gasteiger partial charge on any atom is 0.274 e. The maximum atomic E-state index is 14.9. The predicted octanol–water partition coefficient (Wildman–Crippen LogP) is 3.10. The molecule has 1 aromatic heterocycles. The number of nitrogens with one attached hydrogen (secondary N) is 2. The molecule has 1 amide bonds. The van der Waals surface area contributed by atoms with Crippen molar-refractivity contribution in [2.45, 2.75) is 12.5 Å². The van der Waals surface area contributed by atoms with Gasteiger partial charge in [0.15, 0.2) is 8.16 Å². The third-order valence-electron chi connectivity index (χ3n) is 4.78. The van der Waals surface area contributed by atoms with Crippen molar-refractivity contribution in [2.24, 2.45) is 0 Å². The summed E-state index contributed by atoms with van der Waals surface area (Å²) < 4.78 is 69.7. The largest absolute Gasteiger partial charge is 0.321 e. The molecule has 0 bridgehead atoms. The zero-order chi connectivity index (χ0) is 23.7. The van der Waals surface area contributed by atoms with E-state index < -0.39 is 55.1 Å². The van der Waals surface area contributed by atoms with Gasteiger partial charge in [-0.1, -0.05) is 0 Å². The fourth-order valence-corrected chi connectivity index (χ4v) is 9.25. The number of benzene rings is 1. The molecule has 0 unspecified atom stereocenters. The second-order valence-electron chi connectivity index (χ2n) is 7.31. The summed E-state index contributed by atoms with van der Waals surface area (Å²) in [5.74, 6) is -2.51. The van der Waals surface area contributed by atoms with Crippen LogP contribution in [0.3, 0.4) is 0 Å². The molecule has 0 spiro atoms. The van der Waals surface area contributed by atoms with Crippen LogP contribution in [-0.2, 0) is 23.7 Å². The number of hydrogen-bond donors (Lipinski definition) is 2. The van der Waals surface area contributed by atoms with Gasteiger partial charge in [-0.15, -0.1) is 0 Å². The van der Waals surface area contributed by atoms with Gasteiger partial charge in [0.2, 0.25) is 10.0 Å². The first kappa shape index (κ1) is 25.5. The van der Waals surface area contributed by atoms with Crippen molar-refractivity contribution in [3.8, 4) is 0 Å². The number of halogens is 3. The van der Waals surface area contributed by atoms with Gasteiger partial charge in [-0.3, -0.25) is 4.79 Å². The molecule has 14 heteroatoms. The Labute approximate surface area is 200 Å². The fraction of sp³-hybridized carbons (Fsp3) is 0.333. The van der Waals surface area contributed by atoms with E-state index in [0.29, 0.717) is 0 Å². The van der Waals surface area contributed by atoms with E-state index in [9.17, 15) is 26.2 Å². The van der Waals surface area contributed by atoms with E-state index in [4.69, 9.17) is 0 Å². The topological polar surface area (TPSA) is 108 Å². The minimum absolute atomic E-state index is 0.0533. The van der Waals surface area contributed by atoms with Gasteiger partial charge >= 0.3 is 0 Å². The molecule has 0 aliphatic carbocycles. The van der Waals surface area contributed by atoms with Crippen LogP contribution in [0.4, 0.5) is 14.5 Å². The third-order valence-corrected chi connectivity index (χ3v) is 10.9. The Morgan fingerprint density at radius 1 is 1.31 bits per heavy atom. The SMILES string of the molecule is CN(P1CC1)S(=O)(=O)C[C@](C)(N[S@](=O)I)c1cc(NC(=O)c2ccc(F)cn2)ccc1F. The lowest BCUT2D eigenvalue weighted by Crippen LogP contribution is -2.47. The molecule has 8 nitrogen and oxygen atoms in total. The van der Waals surface area contributed by atoms with Crippen molar-refractivity contribution >= 4 is 59.1 Å². The lowest BCUT2D eigenvalue weighted by molar-refractivity contribution is 0.102. The first-order valence-corrected chi connectivity index (χ1v) is 16.2. The van der Waals surface area contributed by atoms with E-state index in [2.05, 4.69) is 15.0 Å². The Morgan fingerprint density at radius 2 is 2.00 bits per heavy atom. The summed E-state index contributed by atoms with van der Waals surface area (Å²) in [6, 6.07) is 5.95. The molecule has 1 aliphatic heterocycles. The highest BCUT2D eigenvalue weighted by Crippen LogP contribution is 2.54. The van der Waals surface area contributed by atoms with Gasteiger partial charge < -0.3 is 5.32 Å². The van der Waals surface area contributed by atoms with Crippen LogP contribution in [0.25, 0.3) is 0 Å². The zero-order valence-electron chi connectivity index (χ0n) is 17.0. The van der Waals surface area contributed by atoms with Crippen molar-refractivity contribution in [1.82, 2.24) is 13.8 Å². The summed E-state index contributed by atoms with van der Waals surface area (Å²) in [7, 11) is -4.72. The summed E-state index contributed by atoms with van der Waals surface area (Å²) in [6.07, 6.45) is 2.53. The molecule has 1 saturated heterocycles. The first-order valence-electron chi connectivity index (χ1n) is 9.21.